The molecule has 0 radical (unpaired) electrons. The Kier molecular flexibility index (Phi) is 5.03. The van der Waals surface area contributed by atoms with Crippen LogP contribution in [0.15, 0.2) is 42.5 Å². The molecule has 2 N–H and O–H groups in total. The van der Waals surface area contributed by atoms with Gasteiger partial charge in [-0.3, -0.25) is 29.8 Å². The smallest absolute Gasteiger partial charge is 0.307 e. The Morgan fingerprint density at radius 1 is 1.00 bits per heavy atom. The number of nitrogens with zero attached hydrogens (tertiary/aromatic N) is 2. The van der Waals surface area contributed by atoms with Crippen LogP contribution >= 0.6 is 0 Å². The number of para-hydroxylation sites is 1. The highest BCUT2D eigenvalue weighted by Crippen LogP contribution is 2.24. The zero-order chi connectivity index (χ0) is 18.6. The lowest BCUT2D eigenvalue weighted by atomic mass is 10.1. The Bertz CT molecular complexity index is 847. The molecule has 2 rings (SSSR count). The predicted molar refractivity (Wildman–Crippen MR) is 85.5 cm³/mol. The summed E-state index contributed by atoms with van der Waals surface area (Å²) in [4.78, 5) is 43.2. The third kappa shape index (κ3) is 4.34. The lowest BCUT2D eigenvalue weighted by Gasteiger charge is -2.09. The second kappa shape index (κ2) is 7.17. The molecule has 0 unspecified atom stereocenters. The number of carboxylic acids is 1. The number of rotatable bonds is 6. The molecule has 0 bridgehead atoms. The van der Waals surface area contributed by atoms with E-state index >= 15 is 0 Å². The van der Waals surface area contributed by atoms with Crippen molar-refractivity contribution in [1.29, 1.82) is 0 Å². The molecule has 25 heavy (non-hydrogen) atoms. The number of anilines is 1. The molecule has 1 amide bonds. The Hall–Kier alpha value is -3.82. The SMILES string of the molecule is O=C(O)Cc1ccccc1NC(=O)c1cc([N+](=O)[O-])cc([N+](=O)[O-])c1. The van der Waals surface area contributed by atoms with Crippen LogP contribution in [0.3, 0.4) is 0 Å². The molecule has 10 nitrogen and oxygen atoms in total. The number of amides is 1. The lowest BCUT2D eigenvalue weighted by Crippen LogP contribution is -2.15. The van der Waals surface area contributed by atoms with Crippen molar-refractivity contribution in [2.45, 2.75) is 6.42 Å². The normalized spacial score (nSPS) is 10.1. The van der Waals surface area contributed by atoms with E-state index in [9.17, 15) is 29.8 Å². The van der Waals surface area contributed by atoms with Gasteiger partial charge in [-0.2, -0.15) is 0 Å². The number of nitro benzene ring substituents is 2. The summed E-state index contributed by atoms with van der Waals surface area (Å²) in [5.74, 6) is -1.93. The molecule has 2 aromatic carbocycles. The maximum absolute atomic E-state index is 12.3. The Morgan fingerprint density at radius 2 is 1.56 bits per heavy atom. The molecule has 0 aliphatic heterocycles. The van der Waals surface area contributed by atoms with Gasteiger partial charge in [-0.25, -0.2) is 0 Å². The van der Waals surface area contributed by atoms with Crippen LogP contribution in [0.4, 0.5) is 17.1 Å². The van der Waals surface area contributed by atoms with E-state index in [1.165, 1.54) is 12.1 Å². The third-order valence-electron chi connectivity index (χ3n) is 3.19. The van der Waals surface area contributed by atoms with Crippen LogP contribution in [0.2, 0.25) is 0 Å². The molecule has 0 saturated heterocycles. The molecular weight excluding hydrogens is 334 g/mol. The summed E-state index contributed by atoms with van der Waals surface area (Å²) in [6.07, 6.45) is -0.342. The van der Waals surface area contributed by atoms with E-state index in [1.54, 1.807) is 12.1 Å². The minimum atomic E-state index is -1.10. The van der Waals surface area contributed by atoms with Gasteiger partial charge in [-0.15, -0.1) is 0 Å². The van der Waals surface area contributed by atoms with Gasteiger partial charge in [0.05, 0.1) is 27.9 Å². The highest BCUT2D eigenvalue weighted by molar-refractivity contribution is 6.05. The minimum Gasteiger partial charge on any atom is -0.481 e. The van der Waals surface area contributed by atoms with Gasteiger partial charge in [0.15, 0.2) is 0 Å². The van der Waals surface area contributed by atoms with Crippen LogP contribution in [0.1, 0.15) is 15.9 Å². The van der Waals surface area contributed by atoms with Crippen molar-refractivity contribution in [3.63, 3.8) is 0 Å². The lowest BCUT2D eigenvalue weighted by molar-refractivity contribution is -0.394. The number of hydrogen-bond donors (Lipinski definition) is 2. The highest BCUT2D eigenvalue weighted by Gasteiger charge is 2.20. The van der Waals surface area contributed by atoms with Gasteiger partial charge >= 0.3 is 5.97 Å². The van der Waals surface area contributed by atoms with E-state index in [-0.39, 0.29) is 17.7 Å². The van der Waals surface area contributed by atoms with Crippen molar-refractivity contribution in [2.75, 3.05) is 5.32 Å². The van der Waals surface area contributed by atoms with Crippen LogP contribution in [0, 0.1) is 20.2 Å². The summed E-state index contributed by atoms with van der Waals surface area (Å²) in [7, 11) is 0. The van der Waals surface area contributed by atoms with Crippen LogP contribution < -0.4 is 5.32 Å². The van der Waals surface area contributed by atoms with E-state index in [1.807, 2.05) is 0 Å². The van der Waals surface area contributed by atoms with Crippen LogP contribution in [0.5, 0.6) is 0 Å². The number of aliphatic carboxylic acids is 1. The van der Waals surface area contributed by atoms with Crippen molar-refractivity contribution in [2.24, 2.45) is 0 Å². The van der Waals surface area contributed by atoms with Gasteiger partial charge in [0.25, 0.3) is 17.3 Å². The number of carboxylic acid groups (broad SMARTS) is 1. The second-order valence-corrected chi connectivity index (χ2v) is 4.93. The number of hydrogen-bond acceptors (Lipinski definition) is 6. The summed E-state index contributed by atoms with van der Waals surface area (Å²) in [5, 5.41) is 33.0. The molecule has 2 aromatic rings. The summed E-state index contributed by atoms with van der Waals surface area (Å²) in [5.41, 5.74) is -0.963. The Labute approximate surface area is 140 Å². The van der Waals surface area contributed by atoms with Gasteiger partial charge in [0.2, 0.25) is 0 Å². The van der Waals surface area contributed by atoms with Crippen molar-refractivity contribution in [3.8, 4) is 0 Å². The molecule has 0 spiro atoms. The van der Waals surface area contributed by atoms with Crippen molar-refractivity contribution >= 4 is 28.9 Å². The van der Waals surface area contributed by atoms with Gasteiger partial charge in [0, 0.05) is 17.8 Å². The minimum absolute atomic E-state index is 0.198. The van der Waals surface area contributed by atoms with Gasteiger partial charge < -0.3 is 10.4 Å². The summed E-state index contributed by atoms with van der Waals surface area (Å²) >= 11 is 0. The average molecular weight is 345 g/mol. The monoisotopic (exact) mass is 345 g/mol. The third-order valence-corrected chi connectivity index (χ3v) is 3.19. The summed E-state index contributed by atoms with van der Waals surface area (Å²) < 4.78 is 0. The summed E-state index contributed by atoms with van der Waals surface area (Å²) in [6.45, 7) is 0. The van der Waals surface area contributed by atoms with Crippen LogP contribution in [0.25, 0.3) is 0 Å². The number of non-ortho nitro benzene ring substituents is 2. The fourth-order valence-electron chi connectivity index (χ4n) is 2.09. The van der Waals surface area contributed by atoms with E-state index in [2.05, 4.69) is 5.32 Å². The molecule has 0 fully saturated rings. The number of nitro groups is 2. The van der Waals surface area contributed by atoms with E-state index < -0.39 is 33.1 Å². The first-order valence-electron chi connectivity index (χ1n) is 6.83. The van der Waals surface area contributed by atoms with Crippen molar-refractivity contribution in [3.05, 3.63) is 73.8 Å². The predicted octanol–water partition coefficient (Wildman–Crippen LogP) is 2.38. The number of carbonyl (C=O) groups excluding carboxylic acids is 1. The topological polar surface area (TPSA) is 153 Å². The summed E-state index contributed by atoms with van der Waals surface area (Å²) in [6, 6.07) is 8.67. The van der Waals surface area contributed by atoms with E-state index in [0.29, 0.717) is 5.56 Å². The highest BCUT2D eigenvalue weighted by atomic mass is 16.6. The molecule has 0 heterocycles. The molecule has 0 atom stereocenters. The standard InChI is InChI=1S/C15H11N3O7/c19-14(20)7-9-3-1-2-4-13(9)16-15(21)10-5-11(17(22)23)8-12(6-10)18(24)25/h1-6,8H,7H2,(H,16,21)(H,19,20). The van der Waals surface area contributed by atoms with Gasteiger partial charge in [-0.05, 0) is 11.6 Å². The fourth-order valence-corrected chi connectivity index (χ4v) is 2.09. The Morgan fingerprint density at radius 3 is 2.08 bits per heavy atom. The molecule has 10 heteroatoms. The Balaban J connectivity index is 2.37. The van der Waals surface area contributed by atoms with Crippen LogP contribution in [-0.2, 0) is 11.2 Å². The molecule has 128 valence electrons. The number of benzene rings is 2. The molecular formula is C15H11N3O7. The molecule has 0 aliphatic carbocycles. The first kappa shape index (κ1) is 17.5. The largest absolute Gasteiger partial charge is 0.481 e. The number of nitrogens with one attached hydrogen (secondary N) is 1. The maximum Gasteiger partial charge on any atom is 0.307 e. The van der Waals surface area contributed by atoms with E-state index in [0.717, 1.165) is 18.2 Å². The average Bonchev–Trinajstić information content (AvgIpc) is 2.55. The van der Waals surface area contributed by atoms with Crippen molar-refractivity contribution < 1.29 is 24.5 Å². The first-order valence-corrected chi connectivity index (χ1v) is 6.83. The van der Waals surface area contributed by atoms with Crippen molar-refractivity contribution in [1.82, 2.24) is 0 Å². The first-order chi connectivity index (χ1) is 11.8. The zero-order valence-corrected chi connectivity index (χ0v) is 12.5. The molecule has 0 saturated carbocycles. The van der Waals surface area contributed by atoms with Gasteiger partial charge in [0.1, 0.15) is 0 Å². The second-order valence-electron chi connectivity index (χ2n) is 4.93. The quantitative estimate of drug-likeness (QED) is 0.602. The maximum atomic E-state index is 12.3. The van der Waals surface area contributed by atoms with E-state index in [4.69, 9.17) is 5.11 Å². The fraction of sp³-hybridized carbons (Fsp3) is 0.0667. The number of carbonyl (C=O) groups is 2. The zero-order valence-electron chi connectivity index (χ0n) is 12.5. The molecule has 0 aliphatic rings. The molecule has 0 aromatic heterocycles. The van der Waals surface area contributed by atoms with Crippen LogP contribution in [-0.4, -0.2) is 26.8 Å². The van der Waals surface area contributed by atoms with Gasteiger partial charge in [-0.1, -0.05) is 18.2 Å².